The maximum absolute atomic E-state index is 5.49. The van der Waals surface area contributed by atoms with Gasteiger partial charge < -0.3 is 24.6 Å². The van der Waals surface area contributed by atoms with Gasteiger partial charge in [0.25, 0.3) is 0 Å². The van der Waals surface area contributed by atoms with Crippen LogP contribution >= 0.6 is 24.0 Å². The predicted molar refractivity (Wildman–Crippen MR) is 137 cm³/mol. The maximum atomic E-state index is 5.49. The standard InChI is InChI=1S/C24H30N4O2.HI/c1-25-24(26-16-18-7-6-8-21(13-18)27-10-4-5-11-27)28-12-9-19-14-22(29-2)23(30-3)15-20(19)17-28;/h4-8,13-15H,9-12,16-17H2,1-3H3,(H,25,26);1H. The van der Waals surface area contributed by atoms with E-state index in [1.54, 1.807) is 14.2 Å². The monoisotopic (exact) mass is 534 g/mol. The summed E-state index contributed by atoms with van der Waals surface area (Å²) in [6, 6.07) is 12.9. The topological polar surface area (TPSA) is 49.3 Å². The van der Waals surface area contributed by atoms with Gasteiger partial charge in [0.2, 0.25) is 0 Å². The minimum atomic E-state index is 0. The van der Waals surface area contributed by atoms with E-state index in [1.165, 1.54) is 22.4 Å². The summed E-state index contributed by atoms with van der Waals surface area (Å²) in [4.78, 5) is 9.19. The fourth-order valence-corrected chi connectivity index (χ4v) is 4.13. The first-order chi connectivity index (χ1) is 14.7. The van der Waals surface area contributed by atoms with E-state index in [9.17, 15) is 0 Å². The number of nitrogens with one attached hydrogen (secondary N) is 1. The largest absolute Gasteiger partial charge is 0.493 e. The lowest BCUT2D eigenvalue weighted by molar-refractivity contribution is 0.346. The summed E-state index contributed by atoms with van der Waals surface area (Å²) in [6.45, 7) is 4.44. The van der Waals surface area contributed by atoms with E-state index in [0.717, 1.165) is 56.6 Å². The second-order valence-corrected chi connectivity index (χ2v) is 7.59. The number of fused-ring (bicyclic) bond motifs is 1. The normalized spacial score (nSPS) is 15.4. The first-order valence-electron chi connectivity index (χ1n) is 10.4. The van der Waals surface area contributed by atoms with E-state index < -0.39 is 0 Å². The van der Waals surface area contributed by atoms with Crippen LogP contribution in [0, 0.1) is 0 Å². The number of halogens is 1. The molecule has 2 heterocycles. The highest BCUT2D eigenvalue weighted by Gasteiger charge is 2.21. The van der Waals surface area contributed by atoms with Crippen LogP contribution in [0.5, 0.6) is 11.5 Å². The summed E-state index contributed by atoms with van der Waals surface area (Å²) in [5.74, 6) is 2.48. The number of hydrogen-bond acceptors (Lipinski definition) is 4. The van der Waals surface area contributed by atoms with Gasteiger partial charge in [-0.05, 0) is 47.4 Å². The molecule has 166 valence electrons. The van der Waals surface area contributed by atoms with E-state index in [2.05, 4.69) is 68.7 Å². The van der Waals surface area contributed by atoms with E-state index in [-0.39, 0.29) is 24.0 Å². The highest BCUT2D eigenvalue weighted by atomic mass is 127. The van der Waals surface area contributed by atoms with Crippen molar-refractivity contribution in [2.45, 2.75) is 19.5 Å². The molecule has 0 atom stereocenters. The third-order valence-electron chi connectivity index (χ3n) is 5.77. The molecule has 0 unspecified atom stereocenters. The first kappa shape index (κ1) is 23.2. The van der Waals surface area contributed by atoms with E-state index >= 15 is 0 Å². The van der Waals surface area contributed by atoms with Crippen LogP contribution in [-0.4, -0.2) is 51.8 Å². The Kier molecular flexibility index (Phi) is 8.06. The average Bonchev–Trinajstić information content (AvgIpc) is 3.33. The van der Waals surface area contributed by atoms with Crippen molar-refractivity contribution in [3.05, 3.63) is 65.2 Å². The van der Waals surface area contributed by atoms with Crippen LogP contribution in [0.1, 0.15) is 16.7 Å². The molecular weight excluding hydrogens is 503 g/mol. The molecule has 0 aliphatic carbocycles. The van der Waals surface area contributed by atoms with E-state index in [0.29, 0.717) is 0 Å². The zero-order valence-electron chi connectivity index (χ0n) is 18.4. The van der Waals surface area contributed by atoms with E-state index in [1.807, 2.05) is 7.05 Å². The molecule has 0 amide bonds. The van der Waals surface area contributed by atoms with Gasteiger partial charge in [0.05, 0.1) is 14.2 Å². The summed E-state index contributed by atoms with van der Waals surface area (Å²) >= 11 is 0. The number of benzene rings is 2. The molecular formula is C24H31IN4O2. The van der Waals surface area contributed by atoms with Crippen molar-refractivity contribution in [3.63, 3.8) is 0 Å². The molecule has 0 radical (unpaired) electrons. The van der Waals surface area contributed by atoms with Crippen molar-refractivity contribution in [1.29, 1.82) is 0 Å². The molecule has 4 rings (SSSR count). The SMILES string of the molecule is CN=C(NCc1cccc(N2CC=CC2)c1)N1CCc2cc(OC)c(OC)cc2C1.I. The summed E-state index contributed by atoms with van der Waals surface area (Å²) in [7, 11) is 5.21. The molecule has 0 saturated carbocycles. The van der Waals surface area contributed by atoms with Crippen LogP contribution in [0.15, 0.2) is 53.5 Å². The molecule has 7 heteroatoms. The Morgan fingerprint density at radius 1 is 1.03 bits per heavy atom. The molecule has 2 aliphatic heterocycles. The highest BCUT2D eigenvalue weighted by molar-refractivity contribution is 14.0. The summed E-state index contributed by atoms with van der Waals surface area (Å²) in [5.41, 5.74) is 5.09. The Bertz CT molecular complexity index is 953. The fourth-order valence-electron chi connectivity index (χ4n) is 4.13. The number of rotatable bonds is 5. The number of guanidine groups is 1. The maximum Gasteiger partial charge on any atom is 0.194 e. The second kappa shape index (κ2) is 10.7. The summed E-state index contributed by atoms with van der Waals surface area (Å²) in [5, 5.41) is 3.54. The smallest absolute Gasteiger partial charge is 0.194 e. The van der Waals surface area contributed by atoms with Gasteiger partial charge in [-0.3, -0.25) is 4.99 Å². The number of anilines is 1. The zero-order valence-corrected chi connectivity index (χ0v) is 20.8. The second-order valence-electron chi connectivity index (χ2n) is 7.59. The summed E-state index contributed by atoms with van der Waals surface area (Å²) < 4.78 is 10.9. The lowest BCUT2D eigenvalue weighted by Crippen LogP contribution is -2.43. The Hall–Kier alpha value is -2.42. The van der Waals surface area contributed by atoms with Crippen molar-refractivity contribution in [2.24, 2.45) is 4.99 Å². The van der Waals surface area contributed by atoms with Crippen LogP contribution in [0.2, 0.25) is 0 Å². The highest BCUT2D eigenvalue weighted by Crippen LogP contribution is 2.33. The molecule has 1 N–H and O–H groups in total. The lowest BCUT2D eigenvalue weighted by Gasteiger charge is -2.32. The van der Waals surface area contributed by atoms with Crippen LogP contribution < -0.4 is 19.7 Å². The Morgan fingerprint density at radius 2 is 1.74 bits per heavy atom. The minimum Gasteiger partial charge on any atom is -0.493 e. The van der Waals surface area contributed by atoms with Gasteiger partial charge >= 0.3 is 0 Å². The van der Waals surface area contributed by atoms with Crippen molar-refractivity contribution in [3.8, 4) is 11.5 Å². The van der Waals surface area contributed by atoms with Crippen LogP contribution in [0.3, 0.4) is 0 Å². The third kappa shape index (κ3) is 5.26. The molecule has 0 bridgehead atoms. The number of methoxy groups -OCH3 is 2. The minimum absolute atomic E-state index is 0. The number of nitrogens with zero attached hydrogens (tertiary/aromatic N) is 3. The lowest BCUT2D eigenvalue weighted by atomic mass is 9.99. The first-order valence-corrected chi connectivity index (χ1v) is 10.4. The van der Waals surface area contributed by atoms with Crippen molar-refractivity contribution < 1.29 is 9.47 Å². The Morgan fingerprint density at radius 3 is 2.42 bits per heavy atom. The molecule has 0 aromatic heterocycles. The Labute approximate surface area is 202 Å². The zero-order chi connectivity index (χ0) is 20.9. The van der Waals surface area contributed by atoms with Crippen molar-refractivity contribution >= 4 is 35.6 Å². The molecule has 0 spiro atoms. The number of hydrogen-bond donors (Lipinski definition) is 1. The predicted octanol–water partition coefficient (Wildman–Crippen LogP) is 3.83. The van der Waals surface area contributed by atoms with Crippen LogP contribution in [-0.2, 0) is 19.5 Å². The molecule has 2 aromatic carbocycles. The van der Waals surface area contributed by atoms with Crippen LogP contribution in [0.4, 0.5) is 5.69 Å². The third-order valence-corrected chi connectivity index (χ3v) is 5.77. The van der Waals surface area contributed by atoms with Gasteiger partial charge in [-0.1, -0.05) is 24.3 Å². The quantitative estimate of drug-likeness (QED) is 0.274. The van der Waals surface area contributed by atoms with Gasteiger partial charge in [0.1, 0.15) is 0 Å². The van der Waals surface area contributed by atoms with Crippen LogP contribution in [0.25, 0.3) is 0 Å². The molecule has 0 saturated heterocycles. The van der Waals surface area contributed by atoms with Gasteiger partial charge in [0.15, 0.2) is 17.5 Å². The molecule has 2 aliphatic rings. The van der Waals surface area contributed by atoms with Gasteiger partial charge in [-0.2, -0.15) is 0 Å². The average molecular weight is 534 g/mol. The van der Waals surface area contributed by atoms with Crippen molar-refractivity contribution in [1.82, 2.24) is 10.2 Å². The summed E-state index contributed by atoms with van der Waals surface area (Å²) in [6.07, 6.45) is 5.38. The Balaban J connectivity index is 0.00000272. The molecule has 31 heavy (non-hydrogen) atoms. The fraction of sp³-hybridized carbons (Fsp3) is 0.375. The molecule has 2 aromatic rings. The van der Waals surface area contributed by atoms with E-state index in [4.69, 9.17) is 9.47 Å². The number of ether oxygens (including phenoxy) is 2. The van der Waals surface area contributed by atoms with Crippen molar-refractivity contribution in [2.75, 3.05) is 45.8 Å². The van der Waals surface area contributed by atoms with Gasteiger partial charge in [-0.15, -0.1) is 24.0 Å². The van der Waals surface area contributed by atoms with Gasteiger partial charge in [-0.25, -0.2) is 0 Å². The van der Waals surface area contributed by atoms with Gasteiger partial charge in [0, 0.05) is 45.5 Å². The molecule has 0 fully saturated rings. The molecule has 6 nitrogen and oxygen atoms in total. The number of aliphatic imine (C=N–C) groups is 1.